The number of hydrogen-bond donors (Lipinski definition) is 3. The Kier molecular flexibility index (Phi) is 5.25. The van der Waals surface area contributed by atoms with Crippen molar-refractivity contribution in [1.29, 1.82) is 0 Å². The summed E-state index contributed by atoms with van der Waals surface area (Å²) in [6.45, 7) is 5.88. The van der Waals surface area contributed by atoms with E-state index in [2.05, 4.69) is 22.9 Å². The zero-order valence-corrected chi connectivity index (χ0v) is 10.0. The summed E-state index contributed by atoms with van der Waals surface area (Å²) >= 11 is 0. The molecule has 0 aromatic carbocycles. The number of nitrogens with one attached hydrogen (secondary N) is 3. The van der Waals surface area contributed by atoms with Crippen molar-refractivity contribution in [3.63, 3.8) is 0 Å². The molecule has 0 aliphatic carbocycles. The van der Waals surface area contributed by atoms with Crippen molar-refractivity contribution in [3.05, 3.63) is 0 Å². The Morgan fingerprint density at radius 2 is 2.12 bits per heavy atom. The molecule has 0 saturated carbocycles. The van der Waals surface area contributed by atoms with E-state index in [1.165, 1.54) is 0 Å². The van der Waals surface area contributed by atoms with Crippen LogP contribution in [0.5, 0.6) is 0 Å². The maximum atomic E-state index is 11.7. The van der Waals surface area contributed by atoms with E-state index in [4.69, 9.17) is 0 Å². The van der Waals surface area contributed by atoms with Gasteiger partial charge in [-0.15, -0.1) is 0 Å². The molecular weight excluding hydrogens is 206 g/mol. The second-order valence-electron chi connectivity index (χ2n) is 4.19. The van der Waals surface area contributed by atoms with Crippen LogP contribution in [-0.2, 0) is 9.59 Å². The van der Waals surface area contributed by atoms with Crippen LogP contribution < -0.4 is 16.0 Å². The molecule has 0 aromatic rings. The van der Waals surface area contributed by atoms with Gasteiger partial charge in [-0.25, -0.2) is 0 Å². The smallest absolute Gasteiger partial charge is 0.237 e. The molecule has 5 nitrogen and oxygen atoms in total. The molecule has 1 fully saturated rings. The molecule has 92 valence electrons. The Morgan fingerprint density at radius 1 is 1.38 bits per heavy atom. The molecule has 1 saturated heterocycles. The van der Waals surface area contributed by atoms with Gasteiger partial charge in [-0.1, -0.05) is 6.92 Å². The molecule has 5 heteroatoms. The molecule has 1 aliphatic rings. The fraction of sp³-hybridized carbons (Fsp3) is 0.818. The maximum Gasteiger partial charge on any atom is 0.237 e. The van der Waals surface area contributed by atoms with Gasteiger partial charge in [0.1, 0.15) is 0 Å². The number of carbonyl (C=O) groups excluding carboxylic acids is 2. The van der Waals surface area contributed by atoms with E-state index in [0.717, 1.165) is 13.0 Å². The number of rotatable bonds is 5. The third-order valence-corrected chi connectivity index (χ3v) is 2.84. The van der Waals surface area contributed by atoms with Crippen molar-refractivity contribution in [2.24, 2.45) is 5.92 Å². The largest absolute Gasteiger partial charge is 0.356 e. The van der Waals surface area contributed by atoms with Crippen LogP contribution in [0.2, 0.25) is 0 Å². The molecule has 0 radical (unpaired) electrons. The van der Waals surface area contributed by atoms with Crippen molar-refractivity contribution in [3.8, 4) is 0 Å². The second kappa shape index (κ2) is 6.48. The average Bonchev–Trinajstić information content (AvgIpc) is 2.64. The molecule has 2 amide bonds. The van der Waals surface area contributed by atoms with Gasteiger partial charge < -0.3 is 16.0 Å². The second-order valence-corrected chi connectivity index (χ2v) is 4.19. The van der Waals surface area contributed by atoms with Crippen LogP contribution in [-0.4, -0.2) is 37.5 Å². The SMILES string of the molecule is CCNC(=O)CCNC(=O)C1NCCC1C. The number of hydrogen-bond acceptors (Lipinski definition) is 3. The minimum absolute atomic E-state index is 0.00861. The van der Waals surface area contributed by atoms with E-state index in [1.807, 2.05) is 6.92 Å². The topological polar surface area (TPSA) is 70.2 Å². The van der Waals surface area contributed by atoms with Crippen LogP contribution in [0.15, 0.2) is 0 Å². The molecule has 1 rings (SSSR count). The Labute approximate surface area is 96.4 Å². The first-order chi connectivity index (χ1) is 7.65. The van der Waals surface area contributed by atoms with E-state index >= 15 is 0 Å². The van der Waals surface area contributed by atoms with Gasteiger partial charge in [0.25, 0.3) is 0 Å². The van der Waals surface area contributed by atoms with Crippen LogP contribution in [0, 0.1) is 5.92 Å². The highest BCUT2D eigenvalue weighted by Gasteiger charge is 2.28. The van der Waals surface area contributed by atoms with E-state index in [0.29, 0.717) is 25.4 Å². The average molecular weight is 227 g/mol. The Morgan fingerprint density at radius 3 is 2.69 bits per heavy atom. The van der Waals surface area contributed by atoms with Gasteiger partial charge in [-0.3, -0.25) is 9.59 Å². The molecule has 0 spiro atoms. The highest BCUT2D eigenvalue weighted by Crippen LogP contribution is 2.13. The van der Waals surface area contributed by atoms with Gasteiger partial charge in [0.15, 0.2) is 0 Å². The number of carbonyl (C=O) groups is 2. The zero-order chi connectivity index (χ0) is 12.0. The summed E-state index contributed by atoms with van der Waals surface area (Å²) in [6.07, 6.45) is 1.38. The lowest BCUT2D eigenvalue weighted by Crippen LogP contribution is -2.44. The van der Waals surface area contributed by atoms with Crippen LogP contribution in [0.25, 0.3) is 0 Å². The molecule has 2 unspecified atom stereocenters. The van der Waals surface area contributed by atoms with Gasteiger partial charge in [0, 0.05) is 19.5 Å². The highest BCUT2D eigenvalue weighted by atomic mass is 16.2. The lowest BCUT2D eigenvalue weighted by atomic mass is 10.0. The first kappa shape index (κ1) is 13.0. The summed E-state index contributed by atoms with van der Waals surface area (Å²) in [5, 5.41) is 8.63. The van der Waals surface area contributed by atoms with Crippen molar-refractivity contribution >= 4 is 11.8 Å². The normalized spacial score (nSPS) is 24.1. The Bertz CT molecular complexity index is 256. The summed E-state index contributed by atoms with van der Waals surface area (Å²) in [5.41, 5.74) is 0. The molecule has 2 atom stereocenters. The predicted octanol–water partition coefficient (Wildman–Crippen LogP) is -0.373. The molecule has 1 heterocycles. The van der Waals surface area contributed by atoms with Crippen molar-refractivity contribution in [2.75, 3.05) is 19.6 Å². The lowest BCUT2D eigenvalue weighted by molar-refractivity contribution is -0.124. The van der Waals surface area contributed by atoms with Gasteiger partial charge in [0.05, 0.1) is 6.04 Å². The summed E-state index contributed by atoms with van der Waals surface area (Å²) in [7, 11) is 0. The van der Waals surface area contributed by atoms with Crippen LogP contribution >= 0.6 is 0 Å². The van der Waals surface area contributed by atoms with Crippen molar-refractivity contribution < 1.29 is 9.59 Å². The van der Waals surface area contributed by atoms with Gasteiger partial charge in [-0.2, -0.15) is 0 Å². The van der Waals surface area contributed by atoms with Crippen LogP contribution in [0.4, 0.5) is 0 Å². The highest BCUT2D eigenvalue weighted by molar-refractivity contribution is 5.83. The van der Waals surface area contributed by atoms with Gasteiger partial charge in [-0.05, 0) is 25.8 Å². The summed E-state index contributed by atoms with van der Waals surface area (Å²) in [6, 6.07) is -0.0887. The quantitative estimate of drug-likeness (QED) is 0.600. The minimum atomic E-state index is -0.0887. The molecule has 3 N–H and O–H groups in total. The fourth-order valence-electron chi connectivity index (χ4n) is 1.88. The monoisotopic (exact) mass is 227 g/mol. The molecule has 1 aliphatic heterocycles. The van der Waals surface area contributed by atoms with E-state index < -0.39 is 0 Å². The van der Waals surface area contributed by atoms with E-state index in [-0.39, 0.29) is 17.9 Å². The first-order valence-corrected chi connectivity index (χ1v) is 5.93. The molecule has 0 bridgehead atoms. The molecule has 0 aromatic heterocycles. The molecule has 16 heavy (non-hydrogen) atoms. The zero-order valence-electron chi connectivity index (χ0n) is 10.0. The fourth-order valence-corrected chi connectivity index (χ4v) is 1.88. The Balaban J connectivity index is 2.17. The van der Waals surface area contributed by atoms with Crippen molar-refractivity contribution in [2.45, 2.75) is 32.7 Å². The lowest BCUT2D eigenvalue weighted by Gasteiger charge is -2.15. The predicted molar refractivity (Wildman–Crippen MR) is 61.9 cm³/mol. The van der Waals surface area contributed by atoms with Gasteiger partial charge in [0.2, 0.25) is 11.8 Å². The van der Waals surface area contributed by atoms with E-state index in [9.17, 15) is 9.59 Å². The Hall–Kier alpha value is -1.10. The van der Waals surface area contributed by atoms with Crippen molar-refractivity contribution in [1.82, 2.24) is 16.0 Å². The third-order valence-electron chi connectivity index (χ3n) is 2.84. The summed E-state index contributed by atoms with van der Waals surface area (Å²) < 4.78 is 0. The van der Waals surface area contributed by atoms with Crippen LogP contribution in [0.3, 0.4) is 0 Å². The standard InChI is InChI=1S/C11H21N3O2/c1-3-12-9(15)5-7-14-11(16)10-8(2)4-6-13-10/h8,10,13H,3-7H2,1-2H3,(H,12,15)(H,14,16). The first-order valence-electron chi connectivity index (χ1n) is 5.93. The third kappa shape index (κ3) is 3.81. The minimum Gasteiger partial charge on any atom is -0.356 e. The molecular formula is C11H21N3O2. The van der Waals surface area contributed by atoms with E-state index in [1.54, 1.807) is 0 Å². The number of amides is 2. The van der Waals surface area contributed by atoms with Gasteiger partial charge >= 0.3 is 0 Å². The van der Waals surface area contributed by atoms with Crippen LogP contribution in [0.1, 0.15) is 26.7 Å². The summed E-state index contributed by atoms with van der Waals surface area (Å²) in [4.78, 5) is 22.8. The maximum absolute atomic E-state index is 11.7. The summed E-state index contributed by atoms with van der Waals surface area (Å²) in [5.74, 6) is 0.369.